The Hall–Kier alpha value is -1.60. The maximum Gasteiger partial charge on any atom is 0.419 e. The van der Waals surface area contributed by atoms with Crippen LogP contribution in [0, 0.1) is 0 Å². The zero-order valence-corrected chi connectivity index (χ0v) is 9.89. The minimum atomic E-state index is -4.49. The summed E-state index contributed by atoms with van der Waals surface area (Å²) >= 11 is 1.12. The molecule has 0 saturated heterocycles. The van der Waals surface area contributed by atoms with E-state index in [9.17, 15) is 13.2 Å². The summed E-state index contributed by atoms with van der Waals surface area (Å²) in [6.07, 6.45) is -3.03. The van der Waals surface area contributed by atoms with Gasteiger partial charge in [-0.2, -0.15) is 13.2 Å². The molecule has 0 saturated carbocycles. The number of hydrogen-bond acceptors (Lipinski definition) is 4. The highest BCUT2D eigenvalue weighted by Gasteiger charge is 2.35. The Labute approximate surface area is 105 Å². The standard InChI is InChI=1S/C11H9F3N2OS/c12-11(13,14)8-5-7(6-15)1-2-9(8)17-10-16-3-4-18-10/h1-5H,6,15H2. The van der Waals surface area contributed by atoms with E-state index in [0.29, 0.717) is 5.56 Å². The van der Waals surface area contributed by atoms with E-state index in [4.69, 9.17) is 10.5 Å². The van der Waals surface area contributed by atoms with Crippen LogP contribution in [0.25, 0.3) is 0 Å². The van der Waals surface area contributed by atoms with Crippen molar-refractivity contribution < 1.29 is 17.9 Å². The van der Waals surface area contributed by atoms with Crippen molar-refractivity contribution in [3.8, 4) is 10.9 Å². The first kappa shape index (κ1) is 12.8. The van der Waals surface area contributed by atoms with Crippen LogP contribution >= 0.6 is 11.3 Å². The van der Waals surface area contributed by atoms with E-state index in [1.165, 1.54) is 18.3 Å². The molecule has 0 radical (unpaired) electrons. The molecule has 0 spiro atoms. The van der Waals surface area contributed by atoms with E-state index in [1.54, 1.807) is 5.38 Å². The monoisotopic (exact) mass is 274 g/mol. The number of nitrogens with zero attached hydrogens (tertiary/aromatic N) is 1. The zero-order chi connectivity index (χ0) is 13.2. The second kappa shape index (κ2) is 4.95. The molecule has 0 aliphatic heterocycles. The van der Waals surface area contributed by atoms with Gasteiger partial charge in [0.25, 0.3) is 5.19 Å². The number of halogens is 3. The minimum Gasteiger partial charge on any atom is -0.430 e. The molecular weight excluding hydrogens is 265 g/mol. The first-order valence-corrected chi connectivity index (χ1v) is 5.86. The summed E-state index contributed by atoms with van der Waals surface area (Å²) in [5, 5.41) is 1.79. The molecule has 0 bridgehead atoms. The minimum absolute atomic E-state index is 0.0423. The quantitative estimate of drug-likeness (QED) is 0.933. The van der Waals surface area contributed by atoms with Gasteiger partial charge in [-0.3, -0.25) is 0 Å². The van der Waals surface area contributed by atoms with Crippen LogP contribution in [-0.4, -0.2) is 4.98 Å². The summed E-state index contributed by atoms with van der Waals surface area (Å²) in [6, 6.07) is 3.74. The van der Waals surface area contributed by atoms with Crippen LogP contribution in [0.2, 0.25) is 0 Å². The first-order chi connectivity index (χ1) is 8.50. The van der Waals surface area contributed by atoms with Gasteiger partial charge in [-0.25, -0.2) is 4.98 Å². The molecule has 18 heavy (non-hydrogen) atoms. The van der Waals surface area contributed by atoms with E-state index in [0.717, 1.165) is 17.4 Å². The summed E-state index contributed by atoms with van der Waals surface area (Å²) in [5.41, 5.74) is 4.88. The fraction of sp³-hybridized carbons (Fsp3) is 0.182. The molecular formula is C11H9F3N2OS. The van der Waals surface area contributed by atoms with Gasteiger partial charge < -0.3 is 10.5 Å². The van der Waals surface area contributed by atoms with Crippen LogP contribution in [0.5, 0.6) is 10.9 Å². The van der Waals surface area contributed by atoms with Crippen LogP contribution in [0.15, 0.2) is 29.8 Å². The Morgan fingerprint density at radius 1 is 1.33 bits per heavy atom. The molecule has 7 heteroatoms. The van der Waals surface area contributed by atoms with Gasteiger partial charge in [0.2, 0.25) is 0 Å². The second-order valence-electron chi connectivity index (χ2n) is 3.43. The number of rotatable bonds is 3. The van der Waals surface area contributed by atoms with E-state index < -0.39 is 11.7 Å². The summed E-state index contributed by atoms with van der Waals surface area (Å²) in [5.74, 6) is -0.269. The molecule has 2 aromatic rings. The third-order valence-corrected chi connectivity index (χ3v) is 2.84. The molecule has 2 N–H and O–H groups in total. The molecule has 0 amide bonds. The van der Waals surface area contributed by atoms with Crippen molar-refractivity contribution in [3.63, 3.8) is 0 Å². The van der Waals surface area contributed by atoms with E-state index in [1.807, 2.05) is 0 Å². The highest BCUT2D eigenvalue weighted by molar-refractivity contribution is 7.11. The van der Waals surface area contributed by atoms with Crippen molar-refractivity contribution >= 4 is 11.3 Å². The molecule has 96 valence electrons. The van der Waals surface area contributed by atoms with Crippen LogP contribution in [-0.2, 0) is 12.7 Å². The molecule has 0 aliphatic carbocycles. The van der Waals surface area contributed by atoms with Gasteiger partial charge in [-0.15, -0.1) is 0 Å². The molecule has 3 nitrogen and oxygen atoms in total. The van der Waals surface area contributed by atoms with Gasteiger partial charge in [-0.05, 0) is 17.7 Å². The van der Waals surface area contributed by atoms with E-state index in [2.05, 4.69) is 4.98 Å². The highest BCUT2D eigenvalue weighted by atomic mass is 32.1. The van der Waals surface area contributed by atoms with Crippen LogP contribution in [0.4, 0.5) is 13.2 Å². The predicted molar refractivity (Wildman–Crippen MR) is 61.5 cm³/mol. The molecule has 1 aromatic heterocycles. The summed E-state index contributed by atoms with van der Waals surface area (Å²) in [7, 11) is 0. The lowest BCUT2D eigenvalue weighted by atomic mass is 10.1. The molecule has 0 atom stereocenters. The third-order valence-electron chi connectivity index (χ3n) is 2.19. The maximum absolute atomic E-state index is 12.9. The van der Waals surface area contributed by atoms with Gasteiger partial charge >= 0.3 is 6.18 Å². The molecule has 0 fully saturated rings. The summed E-state index contributed by atoms with van der Waals surface area (Å²) in [4.78, 5) is 3.78. The van der Waals surface area contributed by atoms with Gasteiger partial charge in [0.05, 0.1) is 5.56 Å². The van der Waals surface area contributed by atoms with Crippen molar-refractivity contribution in [2.75, 3.05) is 0 Å². The van der Waals surface area contributed by atoms with Crippen molar-refractivity contribution in [2.45, 2.75) is 12.7 Å². The average molecular weight is 274 g/mol. The molecule has 1 aromatic carbocycles. The lowest BCUT2D eigenvalue weighted by Crippen LogP contribution is -2.09. The largest absolute Gasteiger partial charge is 0.430 e. The summed E-state index contributed by atoms with van der Waals surface area (Å²) < 4.78 is 43.7. The lowest BCUT2D eigenvalue weighted by molar-refractivity contribution is -0.138. The average Bonchev–Trinajstić information content (AvgIpc) is 2.81. The maximum atomic E-state index is 12.9. The number of alkyl halides is 3. The molecule has 2 rings (SSSR count). The fourth-order valence-electron chi connectivity index (χ4n) is 1.37. The smallest absolute Gasteiger partial charge is 0.419 e. The Balaban J connectivity index is 2.40. The van der Waals surface area contributed by atoms with Gasteiger partial charge in [0.15, 0.2) is 0 Å². The van der Waals surface area contributed by atoms with Crippen molar-refractivity contribution in [1.29, 1.82) is 0 Å². The van der Waals surface area contributed by atoms with Gasteiger partial charge in [0, 0.05) is 18.1 Å². The number of thiazole rings is 1. The zero-order valence-electron chi connectivity index (χ0n) is 9.07. The van der Waals surface area contributed by atoms with Gasteiger partial charge in [0.1, 0.15) is 5.75 Å². The molecule has 1 heterocycles. The van der Waals surface area contributed by atoms with Gasteiger partial charge in [-0.1, -0.05) is 17.4 Å². The Morgan fingerprint density at radius 2 is 2.11 bits per heavy atom. The van der Waals surface area contributed by atoms with E-state index >= 15 is 0 Å². The predicted octanol–water partition coefficient (Wildman–Crippen LogP) is 3.41. The Bertz CT molecular complexity index is 526. The molecule has 0 aliphatic rings. The molecule has 0 unspecified atom stereocenters. The number of aromatic nitrogens is 1. The van der Waals surface area contributed by atoms with Crippen molar-refractivity contribution in [1.82, 2.24) is 4.98 Å². The SMILES string of the molecule is NCc1ccc(Oc2nccs2)c(C(F)(F)F)c1. The first-order valence-electron chi connectivity index (χ1n) is 4.98. The number of hydrogen-bond donors (Lipinski definition) is 1. The van der Waals surface area contributed by atoms with Crippen molar-refractivity contribution in [2.24, 2.45) is 5.73 Å². The second-order valence-corrected chi connectivity index (χ2v) is 4.29. The number of nitrogens with two attached hydrogens (primary N) is 1. The topological polar surface area (TPSA) is 48.1 Å². The highest BCUT2D eigenvalue weighted by Crippen LogP contribution is 2.38. The van der Waals surface area contributed by atoms with Crippen LogP contribution < -0.4 is 10.5 Å². The van der Waals surface area contributed by atoms with Crippen LogP contribution in [0.1, 0.15) is 11.1 Å². The number of ether oxygens (including phenoxy) is 1. The lowest BCUT2D eigenvalue weighted by Gasteiger charge is -2.13. The number of benzene rings is 1. The van der Waals surface area contributed by atoms with E-state index in [-0.39, 0.29) is 17.5 Å². The normalized spacial score (nSPS) is 11.6. The van der Waals surface area contributed by atoms with Crippen LogP contribution in [0.3, 0.4) is 0 Å². The Morgan fingerprint density at radius 3 is 2.67 bits per heavy atom. The fourth-order valence-corrected chi connectivity index (χ4v) is 1.87. The third kappa shape index (κ3) is 2.80. The Kier molecular flexibility index (Phi) is 3.53. The van der Waals surface area contributed by atoms with Crippen molar-refractivity contribution in [3.05, 3.63) is 40.9 Å². The summed E-state index contributed by atoms with van der Waals surface area (Å²) in [6.45, 7) is 0.0423.